The number of rotatable bonds is 5. The zero-order valence-corrected chi connectivity index (χ0v) is 15.2. The number of aromatic nitrogens is 1. The molecule has 0 saturated carbocycles. The van der Waals surface area contributed by atoms with Crippen LogP contribution in [0.3, 0.4) is 0 Å². The van der Waals surface area contributed by atoms with E-state index in [1.807, 2.05) is 24.5 Å². The molecule has 3 rings (SSSR count). The first kappa shape index (κ1) is 18.7. The Kier molecular flexibility index (Phi) is 6.21. The van der Waals surface area contributed by atoms with Crippen LogP contribution in [-0.4, -0.2) is 36.6 Å². The third-order valence-electron chi connectivity index (χ3n) is 4.82. The Morgan fingerprint density at radius 3 is 2.58 bits per heavy atom. The summed E-state index contributed by atoms with van der Waals surface area (Å²) in [6.07, 6.45) is 4.81. The van der Waals surface area contributed by atoms with Gasteiger partial charge >= 0.3 is 0 Å². The number of nitrogens with two attached hydrogens (primary N) is 1. The molecule has 0 radical (unpaired) electrons. The van der Waals surface area contributed by atoms with Crippen molar-refractivity contribution in [2.24, 2.45) is 11.1 Å². The zero-order chi connectivity index (χ0) is 16.3. The van der Waals surface area contributed by atoms with Crippen LogP contribution in [0.5, 0.6) is 5.75 Å². The average molecular weight is 348 g/mol. The molecule has 1 atom stereocenters. The zero-order valence-electron chi connectivity index (χ0n) is 14.4. The molecule has 0 bridgehead atoms. The van der Waals surface area contributed by atoms with Crippen LogP contribution in [0.25, 0.3) is 11.1 Å². The van der Waals surface area contributed by atoms with Crippen molar-refractivity contribution in [3.8, 4) is 16.9 Å². The molecule has 24 heavy (non-hydrogen) atoms. The predicted molar refractivity (Wildman–Crippen MR) is 101 cm³/mol. The summed E-state index contributed by atoms with van der Waals surface area (Å²) in [4.78, 5) is 6.56. The van der Waals surface area contributed by atoms with Gasteiger partial charge in [0.1, 0.15) is 5.75 Å². The lowest BCUT2D eigenvalue weighted by Gasteiger charge is -2.23. The van der Waals surface area contributed by atoms with Gasteiger partial charge in [0.25, 0.3) is 0 Å². The molecule has 0 amide bonds. The number of benzene rings is 1. The standard InChI is InChI=1S/C19H25N3O.ClH/c1-19(13-20)7-10-22(14-19)12-17-11-16(3-4-18(17)23-2)15-5-8-21-9-6-15;/h3-6,8-9,11H,7,10,12-14,20H2,1-2H3;1H. The fraction of sp³-hybridized carbons (Fsp3) is 0.421. The molecule has 4 nitrogen and oxygen atoms in total. The summed E-state index contributed by atoms with van der Waals surface area (Å²) >= 11 is 0. The van der Waals surface area contributed by atoms with E-state index in [0.717, 1.165) is 38.3 Å². The molecule has 1 aliphatic heterocycles. The number of pyridine rings is 1. The smallest absolute Gasteiger partial charge is 0.123 e. The first-order chi connectivity index (χ1) is 11.1. The number of nitrogens with zero attached hydrogens (tertiary/aromatic N) is 2. The second-order valence-electron chi connectivity index (χ2n) is 6.74. The largest absolute Gasteiger partial charge is 0.496 e. The van der Waals surface area contributed by atoms with Gasteiger partial charge in [0.05, 0.1) is 7.11 Å². The van der Waals surface area contributed by atoms with E-state index in [9.17, 15) is 0 Å². The van der Waals surface area contributed by atoms with Crippen LogP contribution < -0.4 is 10.5 Å². The van der Waals surface area contributed by atoms with Crippen molar-refractivity contribution in [2.45, 2.75) is 19.9 Å². The highest BCUT2D eigenvalue weighted by Crippen LogP contribution is 2.32. The van der Waals surface area contributed by atoms with Crippen LogP contribution in [0.1, 0.15) is 18.9 Å². The summed E-state index contributed by atoms with van der Waals surface area (Å²) < 4.78 is 5.56. The van der Waals surface area contributed by atoms with Crippen molar-refractivity contribution in [1.29, 1.82) is 0 Å². The van der Waals surface area contributed by atoms with E-state index in [4.69, 9.17) is 10.5 Å². The first-order valence-electron chi connectivity index (χ1n) is 8.13. The number of hydrogen-bond donors (Lipinski definition) is 1. The third-order valence-corrected chi connectivity index (χ3v) is 4.82. The van der Waals surface area contributed by atoms with Crippen molar-refractivity contribution in [3.05, 3.63) is 48.3 Å². The minimum absolute atomic E-state index is 0. The predicted octanol–water partition coefficient (Wildman–Crippen LogP) is 3.35. The van der Waals surface area contributed by atoms with Crippen molar-refractivity contribution < 1.29 is 4.74 Å². The normalized spacial score (nSPS) is 20.6. The molecule has 0 aliphatic carbocycles. The van der Waals surface area contributed by atoms with Gasteiger partial charge in [-0.3, -0.25) is 9.88 Å². The monoisotopic (exact) mass is 347 g/mol. The van der Waals surface area contributed by atoms with Gasteiger partial charge in [0.15, 0.2) is 0 Å². The van der Waals surface area contributed by atoms with Gasteiger partial charge in [-0.2, -0.15) is 0 Å². The molecule has 2 N–H and O–H groups in total. The Balaban J connectivity index is 0.00000208. The summed E-state index contributed by atoms with van der Waals surface area (Å²) in [5.41, 5.74) is 9.77. The summed E-state index contributed by atoms with van der Waals surface area (Å²) in [6.45, 7) is 6.06. The van der Waals surface area contributed by atoms with Crippen LogP contribution in [-0.2, 0) is 6.54 Å². The molecule has 0 spiro atoms. The highest BCUT2D eigenvalue weighted by molar-refractivity contribution is 5.85. The summed E-state index contributed by atoms with van der Waals surface area (Å²) in [5, 5.41) is 0. The summed E-state index contributed by atoms with van der Waals surface area (Å²) in [6, 6.07) is 10.5. The molecule has 1 aromatic heterocycles. The Hall–Kier alpha value is -1.62. The average Bonchev–Trinajstić information content (AvgIpc) is 2.97. The molecule has 1 aromatic carbocycles. The number of ether oxygens (including phenoxy) is 1. The maximum Gasteiger partial charge on any atom is 0.123 e. The lowest BCUT2D eigenvalue weighted by molar-refractivity contribution is 0.270. The van der Waals surface area contributed by atoms with Gasteiger partial charge in [0.2, 0.25) is 0 Å². The Bertz CT molecular complexity index is 665. The fourth-order valence-corrected chi connectivity index (χ4v) is 3.29. The second-order valence-corrected chi connectivity index (χ2v) is 6.74. The van der Waals surface area contributed by atoms with Crippen LogP contribution >= 0.6 is 12.4 Å². The molecule has 1 aliphatic rings. The van der Waals surface area contributed by atoms with Gasteiger partial charge in [-0.05, 0) is 60.3 Å². The quantitative estimate of drug-likeness (QED) is 0.901. The Labute approximate surface area is 150 Å². The SMILES string of the molecule is COc1ccc(-c2ccncc2)cc1CN1CCC(C)(CN)C1.Cl. The van der Waals surface area contributed by atoms with Gasteiger partial charge in [-0.15, -0.1) is 12.4 Å². The highest BCUT2D eigenvalue weighted by Gasteiger charge is 2.32. The van der Waals surface area contributed by atoms with E-state index in [1.54, 1.807) is 7.11 Å². The minimum atomic E-state index is 0. The Morgan fingerprint density at radius 1 is 1.21 bits per heavy atom. The molecule has 1 fully saturated rings. The molecule has 2 heterocycles. The molecular weight excluding hydrogens is 322 g/mol. The van der Waals surface area contributed by atoms with Crippen LogP contribution in [0, 0.1) is 5.41 Å². The molecule has 2 aromatic rings. The summed E-state index contributed by atoms with van der Waals surface area (Å²) in [7, 11) is 1.74. The topological polar surface area (TPSA) is 51.4 Å². The van der Waals surface area contributed by atoms with Gasteiger partial charge in [-0.1, -0.05) is 13.0 Å². The van der Waals surface area contributed by atoms with E-state index in [-0.39, 0.29) is 17.8 Å². The van der Waals surface area contributed by atoms with Crippen LogP contribution in [0.2, 0.25) is 0 Å². The molecule has 130 valence electrons. The Morgan fingerprint density at radius 2 is 1.96 bits per heavy atom. The lowest BCUT2D eigenvalue weighted by Crippen LogP contribution is -2.31. The lowest BCUT2D eigenvalue weighted by atomic mass is 9.90. The summed E-state index contributed by atoms with van der Waals surface area (Å²) in [5.74, 6) is 0.948. The van der Waals surface area contributed by atoms with Gasteiger partial charge < -0.3 is 10.5 Å². The van der Waals surface area contributed by atoms with Crippen molar-refractivity contribution in [2.75, 3.05) is 26.7 Å². The van der Waals surface area contributed by atoms with Crippen molar-refractivity contribution >= 4 is 12.4 Å². The van der Waals surface area contributed by atoms with E-state index in [0.29, 0.717) is 0 Å². The van der Waals surface area contributed by atoms with Crippen LogP contribution in [0.4, 0.5) is 0 Å². The number of methoxy groups -OCH3 is 1. The fourth-order valence-electron chi connectivity index (χ4n) is 3.29. The molecular formula is C19H26ClN3O. The van der Waals surface area contributed by atoms with Crippen LogP contribution in [0.15, 0.2) is 42.7 Å². The first-order valence-corrected chi connectivity index (χ1v) is 8.13. The maximum atomic E-state index is 5.92. The number of halogens is 1. The van der Waals surface area contributed by atoms with E-state index in [1.165, 1.54) is 16.7 Å². The van der Waals surface area contributed by atoms with Crippen molar-refractivity contribution in [1.82, 2.24) is 9.88 Å². The minimum Gasteiger partial charge on any atom is -0.496 e. The van der Waals surface area contributed by atoms with E-state index < -0.39 is 0 Å². The maximum absolute atomic E-state index is 5.92. The van der Waals surface area contributed by atoms with Gasteiger partial charge in [-0.25, -0.2) is 0 Å². The highest BCUT2D eigenvalue weighted by atomic mass is 35.5. The van der Waals surface area contributed by atoms with Gasteiger partial charge in [0, 0.05) is 31.0 Å². The molecule has 1 saturated heterocycles. The molecule has 1 unspecified atom stereocenters. The van der Waals surface area contributed by atoms with E-state index >= 15 is 0 Å². The molecule has 5 heteroatoms. The number of hydrogen-bond acceptors (Lipinski definition) is 4. The third kappa shape index (κ3) is 4.07. The van der Waals surface area contributed by atoms with Crippen molar-refractivity contribution in [3.63, 3.8) is 0 Å². The second kappa shape index (κ2) is 7.97. The number of likely N-dealkylation sites (tertiary alicyclic amines) is 1. The van der Waals surface area contributed by atoms with E-state index in [2.05, 4.69) is 35.0 Å².